The number of carbonyl (C=O) groups excluding carboxylic acids is 1. The van der Waals surface area contributed by atoms with Crippen LogP contribution < -0.4 is 4.74 Å². The number of carboxylic acids is 1. The van der Waals surface area contributed by atoms with Crippen LogP contribution in [-0.2, 0) is 9.59 Å². The van der Waals surface area contributed by atoms with Crippen LogP contribution in [0.4, 0.5) is 0 Å². The Hall–Kier alpha value is -1.92. The van der Waals surface area contributed by atoms with Gasteiger partial charge in [0.05, 0.1) is 10.8 Å². The Morgan fingerprint density at radius 3 is 1.73 bits per heavy atom. The van der Waals surface area contributed by atoms with Gasteiger partial charge in [-0.2, -0.15) is 0 Å². The highest BCUT2D eigenvalue weighted by Crippen LogP contribution is 2.31. The van der Waals surface area contributed by atoms with E-state index in [9.17, 15) is 14.7 Å². The number of ether oxygens (including phenoxy) is 1. The van der Waals surface area contributed by atoms with E-state index in [0.29, 0.717) is 18.6 Å². The summed E-state index contributed by atoms with van der Waals surface area (Å²) in [7, 11) is 0. The maximum atomic E-state index is 12.5. The third-order valence-electron chi connectivity index (χ3n) is 4.90. The lowest BCUT2D eigenvalue weighted by Gasteiger charge is -2.22. The molecule has 0 aliphatic carbocycles. The molecule has 6 heteroatoms. The second kappa shape index (κ2) is 10.9. The topological polar surface area (TPSA) is 63.6 Å². The van der Waals surface area contributed by atoms with Crippen LogP contribution in [0.3, 0.4) is 0 Å². The first-order chi connectivity index (χ1) is 14.1. The van der Waals surface area contributed by atoms with Crippen LogP contribution >= 0.6 is 23.5 Å². The van der Waals surface area contributed by atoms with Crippen LogP contribution in [0.1, 0.15) is 40.5 Å². The van der Waals surface area contributed by atoms with Crippen LogP contribution in [0.15, 0.2) is 64.4 Å². The first-order valence-corrected chi connectivity index (χ1v) is 11.9. The summed E-state index contributed by atoms with van der Waals surface area (Å²) >= 11 is 3.39. The molecule has 0 unspecified atom stereocenters. The minimum atomic E-state index is -0.759. The first-order valence-electron chi connectivity index (χ1n) is 9.96. The molecule has 4 nitrogen and oxygen atoms in total. The van der Waals surface area contributed by atoms with Crippen LogP contribution in [0, 0.1) is 10.8 Å². The molecule has 0 saturated carbocycles. The molecule has 162 valence electrons. The van der Waals surface area contributed by atoms with E-state index in [1.165, 1.54) is 0 Å². The fraction of sp³-hybridized carbons (Fsp3) is 0.417. The van der Waals surface area contributed by atoms with Gasteiger partial charge in [-0.3, -0.25) is 9.59 Å². The van der Waals surface area contributed by atoms with Gasteiger partial charge in [0.15, 0.2) is 0 Å². The predicted molar refractivity (Wildman–Crippen MR) is 124 cm³/mol. The maximum Gasteiger partial charge on any atom is 0.316 e. The second-order valence-electron chi connectivity index (χ2n) is 8.44. The highest BCUT2D eigenvalue weighted by Gasteiger charge is 2.29. The molecular formula is C24H30O4S2. The zero-order valence-electron chi connectivity index (χ0n) is 18.0. The highest BCUT2D eigenvalue weighted by molar-refractivity contribution is 7.99. The molecule has 2 aromatic carbocycles. The van der Waals surface area contributed by atoms with Crippen LogP contribution in [0.2, 0.25) is 0 Å². The molecule has 0 aliphatic heterocycles. The molecule has 0 radical (unpaired) electrons. The number of hydrogen-bond donors (Lipinski definition) is 1. The van der Waals surface area contributed by atoms with E-state index in [4.69, 9.17) is 4.74 Å². The molecule has 0 heterocycles. The molecule has 1 N–H and O–H groups in total. The molecule has 0 bridgehead atoms. The van der Waals surface area contributed by atoms with E-state index in [-0.39, 0.29) is 5.97 Å². The lowest BCUT2D eigenvalue weighted by Crippen LogP contribution is -2.29. The zero-order valence-corrected chi connectivity index (χ0v) is 19.6. The summed E-state index contributed by atoms with van der Waals surface area (Å²) < 4.78 is 5.49. The number of esters is 1. The van der Waals surface area contributed by atoms with Crippen molar-refractivity contribution in [3.8, 4) is 5.75 Å². The largest absolute Gasteiger partial charge is 0.481 e. The molecule has 0 aromatic heterocycles. The Balaban J connectivity index is 1.76. The summed E-state index contributed by atoms with van der Waals surface area (Å²) in [6.45, 7) is 7.34. The van der Waals surface area contributed by atoms with Crippen molar-refractivity contribution in [2.45, 2.75) is 50.3 Å². The smallest absolute Gasteiger partial charge is 0.316 e. The Labute approximate surface area is 187 Å². The summed E-state index contributed by atoms with van der Waals surface area (Å²) in [4.78, 5) is 25.9. The van der Waals surface area contributed by atoms with Crippen molar-refractivity contribution in [2.75, 3.05) is 11.5 Å². The number of rotatable bonds is 11. The van der Waals surface area contributed by atoms with Gasteiger partial charge in [0.1, 0.15) is 5.75 Å². The summed E-state index contributed by atoms with van der Waals surface area (Å²) in [6.07, 6.45) is 1.34. The molecule has 0 saturated heterocycles. The molecule has 0 fully saturated rings. The van der Waals surface area contributed by atoms with Crippen molar-refractivity contribution < 1.29 is 19.4 Å². The van der Waals surface area contributed by atoms with Crippen molar-refractivity contribution in [1.29, 1.82) is 0 Å². The van der Waals surface area contributed by atoms with Gasteiger partial charge in [-0.1, -0.05) is 18.2 Å². The molecule has 30 heavy (non-hydrogen) atoms. The van der Waals surface area contributed by atoms with Crippen LogP contribution in [0.25, 0.3) is 0 Å². The number of hydrogen-bond acceptors (Lipinski definition) is 5. The van der Waals surface area contributed by atoms with Crippen molar-refractivity contribution in [1.82, 2.24) is 0 Å². The second-order valence-corrected chi connectivity index (χ2v) is 10.8. The monoisotopic (exact) mass is 446 g/mol. The lowest BCUT2D eigenvalue weighted by molar-refractivity contribution is -0.147. The minimum Gasteiger partial charge on any atom is -0.481 e. The van der Waals surface area contributed by atoms with Gasteiger partial charge in [-0.25, -0.2) is 0 Å². The molecule has 0 atom stereocenters. The molecule has 0 amide bonds. The third-order valence-corrected chi connectivity index (χ3v) is 6.93. The SMILES string of the molecule is CC(C)(CCSc1ccc(SCCC(C)(C)C(=O)Oc2ccccc2)cc1)C(=O)O. The molecule has 2 rings (SSSR count). The summed E-state index contributed by atoms with van der Waals surface area (Å²) in [6, 6.07) is 17.4. The molecule has 0 aliphatic rings. The quantitative estimate of drug-likeness (QED) is 0.245. The predicted octanol–water partition coefficient (Wildman–Crippen LogP) is 6.39. The number of thioether (sulfide) groups is 2. The van der Waals surface area contributed by atoms with Gasteiger partial charge in [0.2, 0.25) is 0 Å². The van der Waals surface area contributed by atoms with Crippen LogP contribution in [0.5, 0.6) is 5.75 Å². The van der Waals surface area contributed by atoms with E-state index in [1.807, 2.05) is 32.0 Å². The van der Waals surface area contributed by atoms with E-state index in [0.717, 1.165) is 21.3 Å². The van der Waals surface area contributed by atoms with Crippen molar-refractivity contribution in [3.05, 3.63) is 54.6 Å². The average Bonchev–Trinajstić information content (AvgIpc) is 2.69. The standard InChI is InChI=1S/C24H30O4S2/c1-23(2,21(25)26)14-16-29-19-10-12-20(13-11-19)30-17-15-24(3,4)22(27)28-18-8-6-5-7-9-18/h5-13H,14-17H2,1-4H3,(H,25,26). The fourth-order valence-electron chi connectivity index (χ4n) is 2.42. The van der Waals surface area contributed by atoms with E-state index in [1.54, 1.807) is 49.5 Å². The van der Waals surface area contributed by atoms with E-state index < -0.39 is 16.8 Å². The average molecular weight is 447 g/mol. The van der Waals surface area contributed by atoms with Gasteiger partial charge in [-0.15, -0.1) is 23.5 Å². The van der Waals surface area contributed by atoms with E-state index >= 15 is 0 Å². The van der Waals surface area contributed by atoms with Crippen molar-refractivity contribution in [2.24, 2.45) is 10.8 Å². The van der Waals surface area contributed by atoms with Gasteiger partial charge < -0.3 is 9.84 Å². The van der Waals surface area contributed by atoms with Gasteiger partial charge in [-0.05, 0) is 88.4 Å². The zero-order chi connectivity index (χ0) is 22.2. The number of carboxylic acid groups (broad SMARTS) is 1. The molecule has 2 aromatic rings. The van der Waals surface area contributed by atoms with Gasteiger partial charge in [0, 0.05) is 9.79 Å². The number of carbonyl (C=O) groups is 2. The Morgan fingerprint density at radius 2 is 1.27 bits per heavy atom. The van der Waals surface area contributed by atoms with Crippen molar-refractivity contribution in [3.63, 3.8) is 0 Å². The van der Waals surface area contributed by atoms with Gasteiger partial charge in [0.25, 0.3) is 0 Å². The minimum absolute atomic E-state index is 0.217. The Kier molecular flexibility index (Phi) is 8.86. The van der Waals surface area contributed by atoms with Crippen molar-refractivity contribution >= 4 is 35.5 Å². The highest BCUT2D eigenvalue weighted by atomic mass is 32.2. The fourth-order valence-corrected chi connectivity index (χ4v) is 4.78. The lowest BCUT2D eigenvalue weighted by atomic mass is 9.90. The normalized spacial score (nSPS) is 11.9. The summed E-state index contributed by atoms with van der Waals surface area (Å²) in [5.41, 5.74) is -1.26. The van der Waals surface area contributed by atoms with Gasteiger partial charge >= 0.3 is 11.9 Å². The Bertz CT molecular complexity index is 830. The molecule has 0 spiro atoms. The van der Waals surface area contributed by atoms with E-state index in [2.05, 4.69) is 24.3 Å². The number of para-hydroxylation sites is 1. The Morgan fingerprint density at radius 1 is 0.800 bits per heavy atom. The summed E-state index contributed by atoms with van der Waals surface area (Å²) in [5.74, 6) is 1.18. The molecular weight excluding hydrogens is 416 g/mol. The van der Waals surface area contributed by atoms with Crippen LogP contribution in [-0.4, -0.2) is 28.6 Å². The summed E-state index contributed by atoms with van der Waals surface area (Å²) in [5, 5.41) is 9.18. The number of aliphatic carboxylic acids is 1. The number of benzene rings is 2. The maximum absolute atomic E-state index is 12.5. The third kappa shape index (κ3) is 7.73. The first kappa shape index (κ1) is 24.4.